The molecule has 70 valence electrons. The molecule has 0 aliphatic carbocycles. The molecule has 13 heavy (non-hydrogen) atoms. The third-order valence-electron chi connectivity index (χ3n) is 2.34. The number of ether oxygens (including phenoxy) is 1. The van der Waals surface area contributed by atoms with Crippen LogP contribution in [0.3, 0.4) is 0 Å². The zero-order valence-corrected chi connectivity index (χ0v) is 7.32. The van der Waals surface area contributed by atoms with Crippen LogP contribution in [0.5, 0.6) is 0 Å². The van der Waals surface area contributed by atoms with Gasteiger partial charge in [0.25, 0.3) is 5.56 Å². The molecular weight excluding hydrogens is 168 g/mol. The van der Waals surface area contributed by atoms with E-state index in [2.05, 4.69) is 9.97 Å². The van der Waals surface area contributed by atoms with Crippen LogP contribution in [0.1, 0.15) is 24.5 Å². The van der Waals surface area contributed by atoms with Crippen molar-refractivity contribution >= 4 is 0 Å². The molecule has 0 aromatic carbocycles. The maximum Gasteiger partial charge on any atom is 0.269 e. The van der Waals surface area contributed by atoms with Crippen LogP contribution in [0.4, 0.5) is 0 Å². The maximum atomic E-state index is 11.4. The van der Waals surface area contributed by atoms with E-state index in [1.807, 2.05) is 0 Å². The summed E-state index contributed by atoms with van der Waals surface area (Å²) in [5.41, 5.74) is 0.597. The number of hydrogen-bond donors (Lipinski definition) is 1. The van der Waals surface area contributed by atoms with E-state index in [4.69, 9.17) is 4.74 Å². The topological polar surface area (TPSA) is 55.0 Å². The third-order valence-corrected chi connectivity index (χ3v) is 2.34. The van der Waals surface area contributed by atoms with Crippen molar-refractivity contribution in [2.75, 3.05) is 13.2 Å². The molecule has 0 saturated carbocycles. The predicted molar refractivity (Wildman–Crippen MR) is 47.7 cm³/mol. The van der Waals surface area contributed by atoms with Crippen molar-refractivity contribution < 1.29 is 4.74 Å². The van der Waals surface area contributed by atoms with E-state index in [9.17, 15) is 4.79 Å². The lowest BCUT2D eigenvalue weighted by Gasteiger charge is -2.20. The van der Waals surface area contributed by atoms with Gasteiger partial charge in [-0.1, -0.05) is 0 Å². The van der Waals surface area contributed by atoms with Crippen LogP contribution in [-0.2, 0) is 4.74 Å². The number of aromatic amines is 1. The number of rotatable bonds is 1. The Morgan fingerprint density at radius 3 is 2.92 bits per heavy atom. The van der Waals surface area contributed by atoms with Gasteiger partial charge in [-0.15, -0.1) is 0 Å². The largest absolute Gasteiger partial charge is 0.381 e. The van der Waals surface area contributed by atoms with E-state index >= 15 is 0 Å². The van der Waals surface area contributed by atoms with E-state index in [1.54, 1.807) is 12.4 Å². The standard InChI is InChI=1S/C9H12N2O2/c12-9-8(10-3-4-11-9)7-1-5-13-6-2-7/h3-4,7H,1-2,5-6H2,(H,11,12). The lowest BCUT2D eigenvalue weighted by Crippen LogP contribution is -2.23. The van der Waals surface area contributed by atoms with Gasteiger partial charge in [0.15, 0.2) is 0 Å². The molecule has 1 N–H and O–H groups in total. The third kappa shape index (κ3) is 1.78. The molecule has 1 aromatic heterocycles. The minimum Gasteiger partial charge on any atom is -0.381 e. The van der Waals surface area contributed by atoms with E-state index in [0.717, 1.165) is 26.1 Å². The molecule has 0 atom stereocenters. The van der Waals surface area contributed by atoms with Crippen LogP contribution in [0, 0.1) is 0 Å². The molecule has 1 saturated heterocycles. The highest BCUT2D eigenvalue weighted by Crippen LogP contribution is 2.22. The quantitative estimate of drug-likeness (QED) is 0.690. The van der Waals surface area contributed by atoms with Crippen LogP contribution < -0.4 is 5.56 Å². The van der Waals surface area contributed by atoms with Gasteiger partial charge in [0.05, 0.1) is 0 Å². The van der Waals surface area contributed by atoms with Gasteiger partial charge in [0, 0.05) is 31.5 Å². The predicted octanol–water partition coefficient (Wildman–Crippen LogP) is 0.664. The molecule has 1 fully saturated rings. The molecule has 0 bridgehead atoms. The molecule has 2 heterocycles. The highest BCUT2D eigenvalue weighted by Gasteiger charge is 2.19. The van der Waals surface area contributed by atoms with Gasteiger partial charge in [0.1, 0.15) is 5.69 Å². The molecule has 4 nitrogen and oxygen atoms in total. The molecule has 0 unspecified atom stereocenters. The number of aromatic nitrogens is 2. The first-order valence-corrected chi connectivity index (χ1v) is 4.49. The van der Waals surface area contributed by atoms with Gasteiger partial charge in [-0.3, -0.25) is 9.78 Å². The molecule has 1 aliphatic rings. The summed E-state index contributed by atoms with van der Waals surface area (Å²) < 4.78 is 5.22. The summed E-state index contributed by atoms with van der Waals surface area (Å²) in [7, 11) is 0. The molecule has 2 rings (SSSR count). The average molecular weight is 180 g/mol. The zero-order chi connectivity index (χ0) is 9.10. The fourth-order valence-electron chi connectivity index (χ4n) is 1.62. The SMILES string of the molecule is O=c1[nH]ccnc1C1CCOCC1. The Morgan fingerprint density at radius 2 is 2.23 bits per heavy atom. The lowest BCUT2D eigenvalue weighted by molar-refractivity contribution is 0.0842. The molecule has 0 radical (unpaired) electrons. The Bertz CT molecular complexity index is 328. The van der Waals surface area contributed by atoms with Gasteiger partial charge in [-0.2, -0.15) is 0 Å². The van der Waals surface area contributed by atoms with Gasteiger partial charge in [-0.05, 0) is 12.8 Å². The van der Waals surface area contributed by atoms with Crippen molar-refractivity contribution in [3.63, 3.8) is 0 Å². The van der Waals surface area contributed by atoms with Crippen LogP contribution in [0.25, 0.3) is 0 Å². The summed E-state index contributed by atoms with van der Waals surface area (Å²) in [5.74, 6) is 0.277. The second kappa shape index (κ2) is 3.70. The summed E-state index contributed by atoms with van der Waals surface area (Å²) in [5, 5.41) is 0. The minimum atomic E-state index is -0.0607. The fraction of sp³-hybridized carbons (Fsp3) is 0.556. The highest BCUT2D eigenvalue weighted by molar-refractivity contribution is 5.04. The number of H-pyrrole nitrogens is 1. The fourth-order valence-corrected chi connectivity index (χ4v) is 1.62. The minimum absolute atomic E-state index is 0.0607. The van der Waals surface area contributed by atoms with Crippen molar-refractivity contribution in [1.29, 1.82) is 0 Å². The van der Waals surface area contributed by atoms with Crippen LogP contribution in [0.2, 0.25) is 0 Å². The van der Waals surface area contributed by atoms with Gasteiger partial charge in [0.2, 0.25) is 0 Å². The van der Waals surface area contributed by atoms with Crippen molar-refractivity contribution in [1.82, 2.24) is 9.97 Å². The summed E-state index contributed by atoms with van der Waals surface area (Å²) in [6.07, 6.45) is 5.00. The number of nitrogens with one attached hydrogen (secondary N) is 1. The van der Waals surface area contributed by atoms with E-state index in [1.165, 1.54) is 0 Å². The van der Waals surface area contributed by atoms with Gasteiger partial charge < -0.3 is 9.72 Å². The highest BCUT2D eigenvalue weighted by atomic mass is 16.5. The molecular formula is C9H12N2O2. The molecule has 4 heteroatoms. The van der Waals surface area contributed by atoms with Crippen LogP contribution in [0.15, 0.2) is 17.2 Å². The maximum absolute atomic E-state index is 11.4. The van der Waals surface area contributed by atoms with E-state index in [-0.39, 0.29) is 11.5 Å². The van der Waals surface area contributed by atoms with E-state index < -0.39 is 0 Å². The van der Waals surface area contributed by atoms with Crippen molar-refractivity contribution in [3.8, 4) is 0 Å². The molecule has 1 aromatic rings. The number of nitrogens with zero attached hydrogens (tertiary/aromatic N) is 1. The lowest BCUT2D eigenvalue weighted by atomic mass is 9.97. The van der Waals surface area contributed by atoms with Crippen molar-refractivity contribution in [2.24, 2.45) is 0 Å². The molecule has 1 aliphatic heterocycles. The van der Waals surface area contributed by atoms with Gasteiger partial charge >= 0.3 is 0 Å². The normalized spacial score (nSPS) is 18.8. The Kier molecular flexibility index (Phi) is 2.40. The van der Waals surface area contributed by atoms with Crippen molar-refractivity contribution in [3.05, 3.63) is 28.4 Å². The summed E-state index contributed by atoms with van der Waals surface area (Å²) >= 11 is 0. The monoisotopic (exact) mass is 180 g/mol. The Morgan fingerprint density at radius 1 is 1.46 bits per heavy atom. The van der Waals surface area contributed by atoms with Gasteiger partial charge in [-0.25, -0.2) is 0 Å². The summed E-state index contributed by atoms with van der Waals surface area (Å²) in [6, 6.07) is 0. The first-order chi connectivity index (χ1) is 6.38. The first kappa shape index (κ1) is 8.44. The smallest absolute Gasteiger partial charge is 0.269 e. The van der Waals surface area contributed by atoms with E-state index in [0.29, 0.717) is 5.69 Å². The first-order valence-electron chi connectivity index (χ1n) is 4.49. The van der Waals surface area contributed by atoms with Crippen LogP contribution in [-0.4, -0.2) is 23.2 Å². The second-order valence-corrected chi connectivity index (χ2v) is 3.19. The molecule has 0 amide bonds. The summed E-state index contributed by atoms with van der Waals surface area (Å²) in [6.45, 7) is 1.47. The molecule has 0 spiro atoms. The Balaban J connectivity index is 2.24. The second-order valence-electron chi connectivity index (χ2n) is 3.19. The Hall–Kier alpha value is -1.16. The average Bonchev–Trinajstić information content (AvgIpc) is 2.20. The Labute approximate surface area is 76.0 Å². The zero-order valence-electron chi connectivity index (χ0n) is 7.32. The van der Waals surface area contributed by atoms with Crippen molar-refractivity contribution in [2.45, 2.75) is 18.8 Å². The summed E-state index contributed by atoms with van der Waals surface area (Å²) in [4.78, 5) is 18.1. The van der Waals surface area contributed by atoms with Crippen LogP contribution >= 0.6 is 0 Å². The number of hydrogen-bond acceptors (Lipinski definition) is 3.